The number of benzene rings is 2. The summed E-state index contributed by atoms with van der Waals surface area (Å²) < 4.78 is 42.0. The summed E-state index contributed by atoms with van der Waals surface area (Å²) >= 11 is 7.35. The number of hydrogen-bond donors (Lipinski definition) is 2. The first-order chi connectivity index (χ1) is 13.8. The average molecular weight is 443 g/mol. The smallest absolute Gasteiger partial charge is 0.422 e. The lowest BCUT2D eigenvalue weighted by Crippen LogP contribution is -2.20. The van der Waals surface area contributed by atoms with Gasteiger partial charge in [-0.2, -0.15) is 18.3 Å². The van der Waals surface area contributed by atoms with Crippen molar-refractivity contribution in [1.29, 1.82) is 0 Å². The Morgan fingerprint density at radius 2 is 1.97 bits per heavy atom. The van der Waals surface area contributed by atoms with Crippen LogP contribution in [0.3, 0.4) is 0 Å². The lowest BCUT2D eigenvalue weighted by molar-refractivity contribution is -0.153. The predicted octanol–water partition coefficient (Wildman–Crippen LogP) is 4.94. The highest BCUT2D eigenvalue weighted by Gasteiger charge is 2.29. The highest BCUT2D eigenvalue weighted by molar-refractivity contribution is 7.98. The van der Waals surface area contributed by atoms with E-state index < -0.39 is 18.7 Å². The van der Waals surface area contributed by atoms with Gasteiger partial charge in [-0.25, -0.2) is 4.98 Å². The number of anilines is 1. The molecule has 0 saturated heterocycles. The topological polar surface area (TPSA) is 79.9 Å². The standard InChI is InChI=1S/C18H14ClF3N4O2S/c19-13-5-6-15(28-9-18(20,21)22)14(7-13)25-16(27)12-3-1-11(2-4-12)8-29-17-23-10-24-26-17/h1-7,10H,8-9H2,(H,25,27)(H,23,24,26). The van der Waals surface area contributed by atoms with Crippen molar-refractivity contribution >= 4 is 35.0 Å². The van der Waals surface area contributed by atoms with Crippen molar-refractivity contribution in [3.05, 3.63) is 64.9 Å². The van der Waals surface area contributed by atoms with Crippen LogP contribution in [0.2, 0.25) is 5.02 Å². The normalized spacial score (nSPS) is 11.3. The van der Waals surface area contributed by atoms with Crippen molar-refractivity contribution in [2.75, 3.05) is 11.9 Å². The Bertz CT molecular complexity index is 966. The van der Waals surface area contributed by atoms with Crippen LogP contribution >= 0.6 is 23.4 Å². The van der Waals surface area contributed by atoms with Crippen LogP contribution in [0.1, 0.15) is 15.9 Å². The van der Waals surface area contributed by atoms with Crippen LogP contribution in [0.4, 0.5) is 18.9 Å². The summed E-state index contributed by atoms with van der Waals surface area (Å²) in [6.45, 7) is -1.48. The summed E-state index contributed by atoms with van der Waals surface area (Å²) in [6.07, 6.45) is -3.08. The van der Waals surface area contributed by atoms with Crippen LogP contribution in [0.25, 0.3) is 0 Å². The lowest BCUT2D eigenvalue weighted by atomic mass is 10.1. The highest BCUT2D eigenvalue weighted by atomic mass is 35.5. The number of nitrogens with one attached hydrogen (secondary N) is 2. The minimum Gasteiger partial charge on any atom is -0.482 e. The first-order valence-electron chi connectivity index (χ1n) is 8.18. The third-order valence-electron chi connectivity index (χ3n) is 3.57. The summed E-state index contributed by atoms with van der Waals surface area (Å²) in [5.74, 6) is -0.000380. The van der Waals surface area contributed by atoms with E-state index in [9.17, 15) is 18.0 Å². The number of nitrogens with zero attached hydrogens (tertiary/aromatic N) is 2. The molecule has 29 heavy (non-hydrogen) atoms. The quantitative estimate of drug-likeness (QED) is 0.506. The van der Waals surface area contributed by atoms with Crippen LogP contribution in [-0.4, -0.2) is 33.9 Å². The van der Waals surface area contributed by atoms with Gasteiger partial charge in [0.1, 0.15) is 12.1 Å². The molecule has 0 unspecified atom stereocenters. The maximum atomic E-state index is 12.5. The number of aromatic amines is 1. The Balaban J connectivity index is 1.65. The van der Waals surface area contributed by atoms with Crippen molar-refractivity contribution in [3.8, 4) is 5.75 Å². The number of amides is 1. The first-order valence-corrected chi connectivity index (χ1v) is 9.54. The minimum atomic E-state index is -4.50. The van der Waals surface area contributed by atoms with Gasteiger partial charge in [-0.05, 0) is 35.9 Å². The number of thioether (sulfide) groups is 1. The van der Waals surface area contributed by atoms with E-state index in [1.165, 1.54) is 36.3 Å². The second kappa shape index (κ2) is 9.19. The summed E-state index contributed by atoms with van der Waals surface area (Å²) in [4.78, 5) is 16.5. The molecule has 3 aromatic rings. The molecule has 0 spiro atoms. The molecule has 2 aromatic carbocycles. The van der Waals surface area contributed by atoms with Crippen molar-refractivity contribution < 1.29 is 22.7 Å². The number of halogens is 4. The number of carbonyl (C=O) groups excluding carboxylic acids is 1. The number of H-pyrrole nitrogens is 1. The Labute approximate surface area is 172 Å². The van der Waals surface area contributed by atoms with Crippen molar-refractivity contribution in [2.45, 2.75) is 17.1 Å². The van der Waals surface area contributed by atoms with Gasteiger partial charge in [0.05, 0.1) is 5.69 Å². The molecule has 0 fully saturated rings. The van der Waals surface area contributed by atoms with Gasteiger partial charge < -0.3 is 10.1 Å². The molecule has 1 amide bonds. The van der Waals surface area contributed by atoms with E-state index in [1.54, 1.807) is 24.3 Å². The number of rotatable bonds is 7. The fourth-order valence-corrected chi connectivity index (χ4v) is 3.15. The maximum absolute atomic E-state index is 12.5. The third-order valence-corrected chi connectivity index (χ3v) is 4.75. The molecule has 0 bridgehead atoms. The van der Waals surface area contributed by atoms with E-state index in [2.05, 4.69) is 20.5 Å². The molecule has 1 aromatic heterocycles. The largest absolute Gasteiger partial charge is 0.482 e. The van der Waals surface area contributed by atoms with Gasteiger partial charge >= 0.3 is 6.18 Å². The molecular formula is C18H14ClF3N4O2S. The van der Waals surface area contributed by atoms with Gasteiger partial charge in [-0.15, -0.1) is 0 Å². The molecule has 1 heterocycles. The molecule has 0 radical (unpaired) electrons. The van der Waals surface area contributed by atoms with Gasteiger partial charge in [0.25, 0.3) is 5.91 Å². The molecule has 3 rings (SSSR count). The first kappa shape index (κ1) is 21.0. The summed E-state index contributed by atoms with van der Waals surface area (Å²) in [6, 6.07) is 10.8. The molecule has 6 nitrogen and oxygen atoms in total. The zero-order chi connectivity index (χ0) is 20.9. The Morgan fingerprint density at radius 1 is 1.21 bits per heavy atom. The highest BCUT2D eigenvalue weighted by Crippen LogP contribution is 2.30. The molecular weight excluding hydrogens is 429 g/mol. The third kappa shape index (κ3) is 6.40. The number of alkyl halides is 3. The van der Waals surface area contributed by atoms with Crippen molar-refractivity contribution in [2.24, 2.45) is 0 Å². The zero-order valence-electron chi connectivity index (χ0n) is 14.7. The number of hydrogen-bond acceptors (Lipinski definition) is 5. The fraction of sp³-hybridized carbons (Fsp3) is 0.167. The number of aromatic nitrogens is 3. The van der Waals surface area contributed by atoms with Gasteiger partial charge in [0.2, 0.25) is 0 Å². The Morgan fingerprint density at radius 3 is 2.62 bits per heavy atom. The molecule has 0 aliphatic carbocycles. The van der Waals surface area contributed by atoms with Gasteiger partial charge in [0.15, 0.2) is 11.8 Å². The van der Waals surface area contributed by atoms with Crippen LogP contribution in [0.5, 0.6) is 5.75 Å². The SMILES string of the molecule is O=C(Nc1cc(Cl)ccc1OCC(F)(F)F)c1ccc(CSc2ncn[nH]2)cc1. The van der Waals surface area contributed by atoms with Gasteiger partial charge in [-0.3, -0.25) is 9.89 Å². The monoisotopic (exact) mass is 442 g/mol. The molecule has 0 aliphatic rings. The maximum Gasteiger partial charge on any atom is 0.422 e. The zero-order valence-corrected chi connectivity index (χ0v) is 16.2. The van der Waals surface area contributed by atoms with Crippen LogP contribution in [-0.2, 0) is 5.75 Å². The molecule has 152 valence electrons. The number of ether oxygens (including phenoxy) is 1. The van der Waals surface area contributed by atoms with Crippen LogP contribution < -0.4 is 10.1 Å². The summed E-state index contributed by atoms with van der Waals surface area (Å²) in [5.41, 5.74) is 1.34. The van der Waals surface area contributed by atoms with Crippen LogP contribution in [0.15, 0.2) is 53.9 Å². The Hall–Kier alpha value is -2.72. The van der Waals surface area contributed by atoms with E-state index in [0.717, 1.165) is 5.56 Å². The second-order valence-corrected chi connectivity index (χ2v) is 7.18. The average Bonchev–Trinajstić information content (AvgIpc) is 3.19. The lowest BCUT2D eigenvalue weighted by Gasteiger charge is -2.14. The molecule has 11 heteroatoms. The molecule has 0 atom stereocenters. The van der Waals surface area contributed by atoms with Gasteiger partial charge in [0, 0.05) is 16.3 Å². The van der Waals surface area contributed by atoms with E-state index in [0.29, 0.717) is 16.5 Å². The molecule has 0 aliphatic heterocycles. The predicted molar refractivity (Wildman–Crippen MR) is 103 cm³/mol. The van der Waals surface area contributed by atoms with Crippen LogP contribution in [0, 0.1) is 0 Å². The minimum absolute atomic E-state index is 0.0525. The van der Waals surface area contributed by atoms with Crippen molar-refractivity contribution in [3.63, 3.8) is 0 Å². The molecule has 2 N–H and O–H groups in total. The van der Waals surface area contributed by atoms with Crippen molar-refractivity contribution in [1.82, 2.24) is 15.2 Å². The van der Waals surface area contributed by atoms with E-state index >= 15 is 0 Å². The molecule has 0 saturated carbocycles. The summed E-state index contributed by atoms with van der Waals surface area (Å²) in [7, 11) is 0. The second-order valence-electron chi connectivity index (χ2n) is 5.77. The van der Waals surface area contributed by atoms with E-state index in [4.69, 9.17) is 16.3 Å². The van der Waals surface area contributed by atoms with Gasteiger partial charge in [-0.1, -0.05) is 35.5 Å². The Kier molecular flexibility index (Phi) is 6.65. The fourth-order valence-electron chi connectivity index (χ4n) is 2.25. The summed E-state index contributed by atoms with van der Waals surface area (Å²) in [5, 5.41) is 9.96. The number of carbonyl (C=O) groups is 1. The van der Waals surface area contributed by atoms with E-state index in [1.807, 2.05) is 0 Å². The van der Waals surface area contributed by atoms with E-state index in [-0.39, 0.29) is 16.5 Å².